The zero-order chi connectivity index (χ0) is 43.4. The Bertz CT molecular complexity index is 2100. The summed E-state index contributed by atoms with van der Waals surface area (Å²) in [6, 6.07) is 22.2. The van der Waals surface area contributed by atoms with Crippen molar-refractivity contribution in [3.63, 3.8) is 0 Å². The first-order valence-electron chi connectivity index (χ1n) is 18.3. The molecule has 0 atom stereocenters. The van der Waals surface area contributed by atoms with Gasteiger partial charge in [0.05, 0.1) is 16.8 Å². The molecule has 19 heteroatoms. The number of amides is 3. The van der Waals surface area contributed by atoms with Gasteiger partial charge in [-0.2, -0.15) is 5.26 Å². The highest BCUT2D eigenvalue weighted by molar-refractivity contribution is 9.12. The number of aromatic nitrogens is 4. The van der Waals surface area contributed by atoms with Crippen molar-refractivity contribution in [3.05, 3.63) is 107 Å². The summed E-state index contributed by atoms with van der Waals surface area (Å²) < 4.78 is 12.2. The molecule has 0 bridgehead atoms. The van der Waals surface area contributed by atoms with E-state index in [1.807, 2.05) is 60.7 Å². The van der Waals surface area contributed by atoms with Crippen LogP contribution in [0.1, 0.15) is 70.4 Å². The monoisotopic (exact) mass is 875 g/mol. The number of aryl methyl sites for hydroxylation is 1. The summed E-state index contributed by atoms with van der Waals surface area (Å²) in [4.78, 5) is 59.8. The molecule has 3 amide bonds. The molecular formula is C40H50BrN11O7. The standard InChI is InChI=1S/C19H22N6O3.C19H24N4O3.CBrN.CH4O/c20-16(26)14-10-15-17(23-11-14)25(18(21)24-15)9-5-4-8-22-19(27)28-12-13-6-2-1-3-7-13;20-16-11-15(18(21)25)12-23-19(16)22-10-6-2-5-9-17(24)26-13-14-7-3-1-4-8-14;2-1-3;1-2/h1-3,6-7,10-11H,4-5,8-9,12H2,(H2,20,26)(H2,21,24)(H,22,27);1,3-4,7-8,11-12H,2,5-6,9-10,13,20H2,(H2,21,25)(H,22,23);;2H,1H3. The average molecular weight is 877 g/mol. The maximum atomic E-state index is 11.7. The summed E-state index contributed by atoms with van der Waals surface area (Å²) in [5, 5.41) is 20.1. The van der Waals surface area contributed by atoms with Crippen LogP contribution >= 0.6 is 15.9 Å². The fraction of sp³-hybridized carbons (Fsp3) is 0.300. The Morgan fingerprint density at radius 3 is 1.95 bits per heavy atom. The van der Waals surface area contributed by atoms with E-state index in [2.05, 4.69) is 41.5 Å². The van der Waals surface area contributed by atoms with Crippen molar-refractivity contribution in [2.24, 2.45) is 11.5 Å². The molecule has 3 heterocycles. The molecule has 5 rings (SSSR count). The Balaban J connectivity index is 0.000000368. The van der Waals surface area contributed by atoms with Gasteiger partial charge in [0.25, 0.3) is 0 Å². The van der Waals surface area contributed by atoms with Crippen LogP contribution in [0.4, 0.5) is 22.2 Å². The predicted octanol–water partition coefficient (Wildman–Crippen LogP) is 4.77. The van der Waals surface area contributed by atoms with E-state index in [-0.39, 0.29) is 23.7 Å². The van der Waals surface area contributed by atoms with Crippen LogP contribution in [0.5, 0.6) is 0 Å². The molecule has 0 fully saturated rings. The number of imidazole rings is 1. The number of unbranched alkanes of at least 4 members (excludes halogenated alkanes) is 3. The molecule has 0 unspecified atom stereocenters. The van der Waals surface area contributed by atoms with Crippen LogP contribution in [0.15, 0.2) is 85.2 Å². The fourth-order valence-electron chi connectivity index (χ4n) is 5.10. The van der Waals surface area contributed by atoms with Gasteiger partial charge in [0, 0.05) is 61.5 Å². The van der Waals surface area contributed by atoms with Crippen LogP contribution < -0.4 is 33.6 Å². The molecule has 0 saturated heterocycles. The number of nitrogens with one attached hydrogen (secondary N) is 2. The number of aliphatic hydroxyl groups excluding tert-OH is 1. The number of alkyl carbamates (subject to hydrolysis) is 1. The van der Waals surface area contributed by atoms with Crippen LogP contribution in [-0.2, 0) is 34.0 Å². The molecule has 0 saturated carbocycles. The number of primary amides is 2. The maximum Gasteiger partial charge on any atom is 0.407 e. The van der Waals surface area contributed by atoms with Gasteiger partial charge in [-0.05, 0) is 48.9 Å². The zero-order valence-electron chi connectivity index (χ0n) is 32.7. The first-order chi connectivity index (χ1) is 28.5. The molecule has 0 spiro atoms. The summed E-state index contributed by atoms with van der Waals surface area (Å²) in [6.45, 7) is 2.30. The van der Waals surface area contributed by atoms with Crippen LogP contribution in [0.2, 0.25) is 0 Å². The van der Waals surface area contributed by atoms with E-state index < -0.39 is 17.9 Å². The number of rotatable bonds is 18. The summed E-state index contributed by atoms with van der Waals surface area (Å²) in [5.74, 6) is -0.464. The number of pyridine rings is 2. The van der Waals surface area contributed by atoms with E-state index in [1.54, 1.807) is 15.6 Å². The molecule has 3 aromatic heterocycles. The predicted molar refractivity (Wildman–Crippen MR) is 227 cm³/mol. The number of anilines is 3. The van der Waals surface area contributed by atoms with Gasteiger partial charge in [0.2, 0.25) is 17.8 Å². The first-order valence-corrected chi connectivity index (χ1v) is 19.1. The van der Waals surface area contributed by atoms with Crippen LogP contribution in [0.3, 0.4) is 0 Å². The minimum atomic E-state index is -0.562. The fourth-order valence-corrected chi connectivity index (χ4v) is 5.10. The summed E-state index contributed by atoms with van der Waals surface area (Å²) >= 11 is 2.45. The molecular weight excluding hydrogens is 826 g/mol. The lowest BCUT2D eigenvalue weighted by atomic mass is 10.2. The van der Waals surface area contributed by atoms with Crippen LogP contribution in [-0.4, -0.2) is 68.7 Å². The summed E-state index contributed by atoms with van der Waals surface area (Å²) in [5.41, 5.74) is 26.2. The lowest BCUT2D eigenvalue weighted by molar-refractivity contribution is -0.145. The molecule has 59 heavy (non-hydrogen) atoms. The Morgan fingerprint density at radius 1 is 0.797 bits per heavy atom. The SMILES string of the molecule is CO.N#CBr.NC(=O)c1cnc(NCCCCCC(=O)OCc2ccccc2)c(N)c1.NC(=O)c1cnc2c(c1)nc(N)n2CCCCNC(=O)OCc1ccccc1. The highest BCUT2D eigenvalue weighted by Gasteiger charge is 2.12. The lowest BCUT2D eigenvalue weighted by Crippen LogP contribution is -2.25. The molecule has 0 aliphatic carbocycles. The number of esters is 1. The maximum absolute atomic E-state index is 11.7. The van der Waals surface area contributed by atoms with E-state index in [4.69, 9.17) is 42.8 Å². The quantitative estimate of drug-likeness (QED) is 0.0461. The zero-order valence-corrected chi connectivity index (χ0v) is 34.3. The third-order valence-corrected chi connectivity index (χ3v) is 7.98. The van der Waals surface area contributed by atoms with E-state index in [9.17, 15) is 19.2 Å². The number of ether oxygens (including phenoxy) is 2. The van der Waals surface area contributed by atoms with E-state index in [0.717, 1.165) is 50.3 Å². The molecule has 18 nitrogen and oxygen atoms in total. The highest BCUT2D eigenvalue weighted by atomic mass is 79.9. The van der Waals surface area contributed by atoms with Crippen molar-refractivity contribution in [2.75, 3.05) is 37.0 Å². The molecule has 5 aromatic rings. The Labute approximate surface area is 350 Å². The van der Waals surface area contributed by atoms with Crippen molar-refractivity contribution in [1.82, 2.24) is 24.8 Å². The van der Waals surface area contributed by atoms with Gasteiger partial charge >= 0.3 is 12.1 Å². The van der Waals surface area contributed by atoms with Crippen molar-refractivity contribution >= 4 is 68.4 Å². The number of fused-ring (bicyclic) bond motifs is 1. The summed E-state index contributed by atoms with van der Waals surface area (Å²) in [6.07, 6.45) is 6.76. The lowest BCUT2D eigenvalue weighted by Gasteiger charge is -2.09. The number of nitriles is 1. The normalized spacial score (nSPS) is 9.86. The van der Waals surface area contributed by atoms with Gasteiger partial charge in [0.1, 0.15) is 29.5 Å². The second-order valence-corrected chi connectivity index (χ2v) is 12.6. The number of nitrogens with zero attached hydrogens (tertiary/aromatic N) is 5. The average Bonchev–Trinajstić information content (AvgIpc) is 3.56. The van der Waals surface area contributed by atoms with Gasteiger partial charge in [-0.3, -0.25) is 19.0 Å². The largest absolute Gasteiger partial charge is 0.461 e. The van der Waals surface area contributed by atoms with Gasteiger partial charge < -0.3 is 48.1 Å². The number of hydrogen-bond acceptors (Lipinski definition) is 14. The molecule has 0 radical (unpaired) electrons. The number of aliphatic hydroxyl groups is 1. The molecule has 2 aromatic carbocycles. The molecule has 314 valence electrons. The first kappa shape index (κ1) is 48.4. The third kappa shape index (κ3) is 18.4. The second-order valence-electron chi connectivity index (χ2n) is 12.2. The van der Waals surface area contributed by atoms with Crippen molar-refractivity contribution in [2.45, 2.75) is 58.3 Å². The minimum absolute atomic E-state index is 0.185. The van der Waals surface area contributed by atoms with E-state index >= 15 is 0 Å². The van der Waals surface area contributed by atoms with Gasteiger partial charge in [-0.1, -0.05) is 67.1 Å². The smallest absolute Gasteiger partial charge is 0.407 e. The number of benzene rings is 2. The third-order valence-electron chi connectivity index (χ3n) is 7.98. The van der Waals surface area contributed by atoms with Gasteiger partial charge in [-0.25, -0.2) is 19.7 Å². The van der Waals surface area contributed by atoms with E-state index in [0.29, 0.717) is 61.3 Å². The van der Waals surface area contributed by atoms with Gasteiger partial charge in [0.15, 0.2) is 5.65 Å². The van der Waals surface area contributed by atoms with Gasteiger partial charge in [-0.15, -0.1) is 0 Å². The Hall–Kier alpha value is -6.78. The number of carbonyl (C=O) groups is 4. The number of nitrogen functional groups attached to an aromatic ring is 2. The van der Waals surface area contributed by atoms with Crippen molar-refractivity contribution in [3.8, 4) is 4.98 Å². The van der Waals surface area contributed by atoms with Crippen molar-refractivity contribution in [1.29, 1.82) is 5.26 Å². The topological polar surface area (TPSA) is 302 Å². The number of hydrogen-bond donors (Lipinski definition) is 7. The summed E-state index contributed by atoms with van der Waals surface area (Å²) in [7, 11) is 1.00. The number of nitrogens with two attached hydrogens (primary N) is 4. The molecule has 0 aliphatic heterocycles. The second kappa shape index (κ2) is 27.8. The van der Waals surface area contributed by atoms with Crippen LogP contribution in [0, 0.1) is 10.2 Å². The van der Waals surface area contributed by atoms with E-state index in [1.165, 1.54) is 18.5 Å². The van der Waals surface area contributed by atoms with Crippen LogP contribution in [0.25, 0.3) is 11.2 Å². The number of halogens is 1. The van der Waals surface area contributed by atoms with Crippen molar-refractivity contribution < 1.29 is 33.8 Å². The highest BCUT2D eigenvalue weighted by Crippen LogP contribution is 2.18. The Morgan fingerprint density at radius 2 is 1.36 bits per heavy atom. The molecule has 0 aliphatic rings. The Kier molecular flexibility index (Phi) is 22.8. The number of carbonyl (C=O) groups excluding carboxylic acids is 4. The minimum Gasteiger partial charge on any atom is -0.461 e. The molecule has 11 N–H and O–H groups in total.